The Labute approximate surface area is 164 Å². The lowest BCUT2D eigenvalue weighted by Crippen LogP contribution is -2.49. The second-order valence-electron chi connectivity index (χ2n) is 6.75. The van der Waals surface area contributed by atoms with E-state index >= 15 is 0 Å². The van der Waals surface area contributed by atoms with E-state index in [-0.39, 0.29) is 6.04 Å². The Morgan fingerprint density at radius 2 is 1.54 bits per heavy atom. The van der Waals surface area contributed by atoms with Gasteiger partial charge in [-0.3, -0.25) is 4.90 Å². The molecule has 1 saturated heterocycles. The molecule has 4 rings (SSSR count). The molecule has 8 heteroatoms. The monoisotopic (exact) mass is 398 g/mol. The third kappa shape index (κ3) is 3.71. The quantitative estimate of drug-likeness (QED) is 0.658. The second-order valence-corrected chi connectivity index (χ2v) is 8.69. The van der Waals surface area contributed by atoms with Gasteiger partial charge in [0.05, 0.1) is 10.9 Å². The highest BCUT2D eigenvalue weighted by Gasteiger charge is 2.31. The number of benzene rings is 2. The average Bonchev–Trinajstić information content (AvgIpc) is 3.25. The van der Waals surface area contributed by atoms with Crippen molar-refractivity contribution in [1.29, 1.82) is 0 Å². The van der Waals surface area contributed by atoms with Crippen LogP contribution in [0.2, 0.25) is 0 Å². The summed E-state index contributed by atoms with van der Waals surface area (Å²) in [7, 11) is -3.45. The van der Waals surface area contributed by atoms with Gasteiger partial charge in [0.15, 0.2) is 0 Å². The van der Waals surface area contributed by atoms with E-state index in [9.17, 15) is 8.42 Å². The summed E-state index contributed by atoms with van der Waals surface area (Å²) in [4.78, 5) is 7.02. The number of hydrogen-bond acceptors (Lipinski definition) is 6. The van der Waals surface area contributed by atoms with Crippen molar-refractivity contribution in [1.82, 2.24) is 19.3 Å². The predicted octanol–water partition coefficient (Wildman–Crippen LogP) is 2.80. The van der Waals surface area contributed by atoms with E-state index in [0.29, 0.717) is 42.8 Å². The van der Waals surface area contributed by atoms with Crippen LogP contribution in [0.15, 0.2) is 70.1 Å². The van der Waals surface area contributed by atoms with E-state index in [4.69, 9.17) is 4.52 Å². The van der Waals surface area contributed by atoms with Crippen molar-refractivity contribution in [2.75, 3.05) is 26.2 Å². The zero-order valence-electron chi connectivity index (χ0n) is 15.6. The maximum absolute atomic E-state index is 12.8. The van der Waals surface area contributed by atoms with Gasteiger partial charge >= 0.3 is 0 Å². The Hall–Kier alpha value is -2.55. The van der Waals surface area contributed by atoms with Crippen LogP contribution in [-0.2, 0) is 10.0 Å². The fourth-order valence-corrected chi connectivity index (χ4v) is 4.78. The van der Waals surface area contributed by atoms with Gasteiger partial charge in [-0.05, 0) is 19.1 Å². The number of nitrogens with zero attached hydrogens (tertiary/aromatic N) is 4. The van der Waals surface area contributed by atoms with Crippen LogP contribution in [-0.4, -0.2) is 53.9 Å². The van der Waals surface area contributed by atoms with Crippen molar-refractivity contribution in [3.05, 3.63) is 66.6 Å². The average molecular weight is 398 g/mol. The Balaban J connectivity index is 1.42. The van der Waals surface area contributed by atoms with Crippen LogP contribution in [0.3, 0.4) is 0 Å². The molecule has 1 aromatic heterocycles. The van der Waals surface area contributed by atoms with Crippen LogP contribution < -0.4 is 0 Å². The van der Waals surface area contributed by atoms with E-state index in [1.807, 2.05) is 43.3 Å². The first-order valence-electron chi connectivity index (χ1n) is 9.24. The summed E-state index contributed by atoms with van der Waals surface area (Å²) in [6.07, 6.45) is 0. The van der Waals surface area contributed by atoms with Crippen LogP contribution in [0.1, 0.15) is 18.9 Å². The molecule has 1 atom stereocenters. The molecule has 146 valence electrons. The molecule has 0 amide bonds. The molecule has 3 aromatic rings. The molecule has 1 fully saturated rings. The van der Waals surface area contributed by atoms with Gasteiger partial charge in [0, 0.05) is 31.7 Å². The van der Waals surface area contributed by atoms with Gasteiger partial charge in [-0.25, -0.2) is 8.42 Å². The highest BCUT2D eigenvalue weighted by Crippen LogP contribution is 2.25. The Bertz CT molecular complexity index is 1010. The summed E-state index contributed by atoms with van der Waals surface area (Å²) in [5.74, 6) is 1.10. The Morgan fingerprint density at radius 3 is 2.18 bits per heavy atom. The topological polar surface area (TPSA) is 79.5 Å². The first kappa shape index (κ1) is 18.8. The molecule has 2 heterocycles. The smallest absolute Gasteiger partial charge is 0.244 e. The molecule has 7 nitrogen and oxygen atoms in total. The first-order valence-corrected chi connectivity index (χ1v) is 10.7. The van der Waals surface area contributed by atoms with Crippen molar-refractivity contribution in [2.45, 2.75) is 17.9 Å². The summed E-state index contributed by atoms with van der Waals surface area (Å²) in [5, 5.41) is 4.08. The minimum atomic E-state index is -3.45. The third-order valence-corrected chi connectivity index (χ3v) is 6.95. The maximum Gasteiger partial charge on any atom is 0.244 e. The third-order valence-electron chi connectivity index (χ3n) is 5.03. The number of sulfonamides is 1. The van der Waals surface area contributed by atoms with Crippen molar-refractivity contribution < 1.29 is 12.9 Å². The van der Waals surface area contributed by atoms with E-state index in [0.717, 1.165) is 5.56 Å². The lowest BCUT2D eigenvalue weighted by molar-refractivity contribution is 0.124. The van der Waals surface area contributed by atoms with Crippen molar-refractivity contribution in [3.8, 4) is 11.4 Å². The number of aromatic nitrogens is 2. The maximum atomic E-state index is 12.8. The van der Waals surface area contributed by atoms with Crippen molar-refractivity contribution in [3.63, 3.8) is 0 Å². The summed E-state index contributed by atoms with van der Waals surface area (Å²) in [6.45, 7) is 4.08. The summed E-state index contributed by atoms with van der Waals surface area (Å²) < 4.78 is 32.5. The zero-order valence-corrected chi connectivity index (χ0v) is 16.4. The number of piperazine rings is 1. The van der Waals surface area contributed by atoms with Gasteiger partial charge in [-0.1, -0.05) is 53.7 Å². The first-order chi connectivity index (χ1) is 13.6. The molecule has 0 unspecified atom stereocenters. The van der Waals surface area contributed by atoms with Gasteiger partial charge in [0.25, 0.3) is 0 Å². The minimum absolute atomic E-state index is 0.0773. The zero-order chi connectivity index (χ0) is 19.6. The molecule has 0 bridgehead atoms. The van der Waals surface area contributed by atoms with E-state index in [1.165, 1.54) is 4.31 Å². The van der Waals surface area contributed by atoms with Crippen LogP contribution in [0, 0.1) is 0 Å². The van der Waals surface area contributed by atoms with Crippen LogP contribution in [0.5, 0.6) is 0 Å². The summed E-state index contributed by atoms with van der Waals surface area (Å²) >= 11 is 0. The predicted molar refractivity (Wildman–Crippen MR) is 105 cm³/mol. The van der Waals surface area contributed by atoms with E-state index in [2.05, 4.69) is 15.0 Å². The van der Waals surface area contributed by atoms with Crippen LogP contribution >= 0.6 is 0 Å². The number of rotatable bonds is 5. The van der Waals surface area contributed by atoms with Gasteiger partial charge in [-0.2, -0.15) is 9.29 Å². The molecule has 0 spiro atoms. The standard InChI is InChI=1S/C20H22N4O3S/c1-16(20-21-19(22-27-20)17-8-4-2-5-9-17)23-12-14-24(15-13-23)28(25,26)18-10-6-3-7-11-18/h2-11,16H,12-15H2,1H3/t16-/m1/s1. The SMILES string of the molecule is C[C@H](c1nc(-c2ccccc2)no1)N1CCN(S(=O)(=O)c2ccccc2)CC1. The Kier molecular flexibility index (Phi) is 5.25. The minimum Gasteiger partial charge on any atom is -0.337 e. The lowest BCUT2D eigenvalue weighted by atomic mass is 10.2. The van der Waals surface area contributed by atoms with Gasteiger partial charge in [0.2, 0.25) is 21.7 Å². The molecule has 2 aromatic carbocycles. The summed E-state index contributed by atoms with van der Waals surface area (Å²) in [5.41, 5.74) is 0.906. The van der Waals surface area contributed by atoms with Crippen LogP contribution in [0.25, 0.3) is 11.4 Å². The van der Waals surface area contributed by atoms with Gasteiger partial charge in [-0.15, -0.1) is 0 Å². The molecule has 0 radical (unpaired) electrons. The van der Waals surface area contributed by atoms with E-state index < -0.39 is 10.0 Å². The van der Waals surface area contributed by atoms with Crippen LogP contribution in [0.4, 0.5) is 0 Å². The Morgan fingerprint density at radius 1 is 0.929 bits per heavy atom. The largest absolute Gasteiger partial charge is 0.337 e. The highest BCUT2D eigenvalue weighted by atomic mass is 32.2. The molecule has 0 aliphatic carbocycles. The fraction of sp³-hybridized carbons (Fsp3) is 0.300. The number of hydrogen-bond donors (Lipinski definition) is 0. The fourth-order valence-electron chi connectivity index (χ4n) is 3.34. The molecule has 28 heavy (non-hydrogen) atoms. The van der Waals surface area contributed by atoms with Crippen molar-refractivity contribution >= 4 is 10.0 Å². The molecule has 0 N–H and O–H groups in total. The lowest BCUT2D eigenvalue weighted by Gasteiger charge is -2.36. The second kappa shape index (κ2) is 7.83. The van der Waals surface area contributed by atoms with Gasteiger partial charge < -0.3 is 4.52 Å². The van der Waals surface area contributed by atoms with Gasteiger partial charge in [0.1, 0.15) is 0 Å². The molecule has 0 saturated carbocycles. The molecule has 1 aliphatic heterocycles. The van der Waals surface area contributed by atoms with Crippen molar-refractivity contribution in [2.24, 2.45) is 0 Å². The summed E-state index contributed by atoms with van der Waals surface area (Å²) in [6, 6.07) is 18.2. The normalized spacial score (nSPS) is 17.5. The van der Waals surface area contributed by atoms with E-state index in [1.54, 1.807) is 24.3 Å². The molecular weight excluding hydrogens is 376 g/mol. The highest BCUT2D eigenvalue weighted by molar-refractivity contribution is 7.89. The molecule has 1 aliphatic rings. The molecular formula is C20H22N4O3S.